The number of nitrogens with one attached hydrogen (secondary N) is 1. The van der Waals surface area contributed by atoms with Crippen LogP contribution < -0.4 is 5.32 Å². The maximum absolute atomic E-state index is 12.9. The highest BCUT2D eigenvalue weighted by atomic mass is 19.1. The van der Waals surface area contributed by atoms with Gasteiger partial charge in [0.15, 0.2) is 0 Å². The fraction of sp³-hybridized carbons (Fsp3) is 0.438. The van der Waals surface area contributed by atoms with Gasteiger partial charge >= 0.3 is 0 Å². The van der Waals surface area contributed by atoms with E-state index in [0.717, 1.165) is 25.9 Å². The van der Waals surface area contributed by atoms with Crippen molar-refractivity contribution in [3.05, 3.63) is 53.6 Å². The number of aryl methyl sites for hydroxylation is 1. The van der Waals surface area contributed by atoms with Gasteiger partial charge in [0.25, 0.3) is 0 Å². The van der Waals surface area contributed by atoms with Gasteiger partial charge in [-0.15, -0.1) is 0 Å². The molecule has 0 saturated carbocycles. The van der Waals surface area contributed by atoms with E-state index in [1.54, 1.807) is 0 Å². The van der Waals surface area contributed by atoms with Gasteiger partial charge in [-0.3, -0.25) is 4.68 Å². The zero-order valence-corrected chi connectivity index (χ0v) is 12.1. The third-order valence-corrected chi connectivity index (χ3v) is 3.47. The molecule has 108 valence electrons. The predicted molar refractivity (Wildman–Crippen MR) is 79.1 cm³/mol. The molecule has 2 rings (SSSR count). The minimum Gasteiger partial charge on any atom is -0.319 e. The Balaban J connectivity index is 2.00. The van der Waals surface area contributed by atoms with E-state index in [1.165, 1.54) is 23.3 Å². The highest BCUT2D eigenvalue weighted by molar-refractivity contribution is 5.17. The molecule has 2 aromatic rings. The SMILES string of the molecule is CCn1cc(CC(CNC)Cc2ccc(F)cc2)cn1. The molecule has 1 atom stereocenters. The number of hydrogen-bond acceptors (Lipinski definition) is 2. The molecule has 0 aliphatic carbocycles. The van der Waals surface area contributed by atoms with Crippen LogP contribution in [-0.4, -0.2) is 23.4 Å². The van der Waals surface area contributed by atoms with E-state index in [9.17, 15) is 4.39 Å². The van der Waals surface area contributed by atoms with Gasteiger partial charge in [-0.25, -0.2) is 4.39 Å². The first kappa shape index (κ1) is 14.7. The molecule has 1 unspecified atom stereocenters. The first-order valence-corrected chi connectivity index (χ1v) is 7.11. The molecule has 0 radical (unpaired) electrons. The monoisotopic (exact) mass is 275 g/mol. The van der Waals surface area contributed by atoms with Crippen molar-refractivity contribution in [1.82, 2.24) is 15.1 Å². The average Bonchev–Trinajstić information content (AvgIpc) is 2.89. The van der Waals surface area contributed by atoms with Crippen LogP contribution in [0.4, 0.5) is 4.39 Å². The van der Waals surface area contributed by atoms with Crippen molar-refractivity contribution in [2.75, 3.05) is 13.6 Å². The number of halogens is 1. The predicted octanol–water partition coefficient (Wildman–Crippen LogP) is 2.66. The lowest BCUT2D eigenvalue weighted by Gasteiger charge is -2.15. The van der Waals surface area contributed by atoms with E-state index >= 15 is 0 Å². The highest BCUT2D eigenvalue weighted by Crippen LogP contribution is 2.15. The number of hydrogen-bond donors (Lipinski definition) is 1. The fourth-order valence-corrected chi connectivity index (χ4v) is 2.48. The van der Waals surface area contributed by atoms with E-state index < -0.39 is 0 Å². The normalized spacial score (nSPS) is 12.6. The van der Waals surface area contributed by atoms with Crippen LogP contribution in [0.5, 0.6) is 0 Å². The van der Waals surface area contributed by atoms with E-state index in [4.69, 9.17) is 0 Å². The quantitative estimate of drug-likeness (QED) is 0.842. The maximum Gasteiger partial charge on any atom is 0.123 e. The van der Waals surface area contributed by atoms with E-state index in [2.05, 4.69) is 23.5 Å². The Morgan fingerprint density at radius 2 is 1.90 bits per heavy atom. The Morgan fingerprint density at radius 3 is 2.50 bits per heavy atom. The molecule has 0 saturated heterocycles. The molecule has 1 heterocycles. The molecule has 20 heavy (non-hydrogen) atoms. The summed E-state index contributed by atoms with van der Waals surface area (Å²) in [7, 11) is 1.97. The standard InChI is InChI=1S/C16H22FN3/c1-3-20-12-15(11-19-20)9-14(10-18-2)8-13-4-6-16(17)7-5-13/h4-7,11-12,14,18H,3,8-10H2,1-2H3. The van der Waals surface area contributed by atoms with E-state index in [-0.39, 0.29) is 5.82 Å². The van der Waals surface area contributed by atoms with Crippen molar-refractivity contribution in [2.45, 2.75) is 26.3 Å². The van der Waals surface area contributed by atoms with Crippen LogP contribution in [0.25, 0.3) is 0 Å². The van der Waals surface area contributed by atoms with Gasteiger partial charge < -0.3 is 5.32 Å². The third-order valence-electron chi connectivity index (χ3n) is 3.47. The van der Waals surface area contributed by atoms with Crippen LogP contribution in [0.2, 0.25) is 0 Å². The Bertz CT molecular complexity index is 519. The molecule has 4 heteroatoms. The summed E-state index contributed by atoms with van der Waals surface area (Å²) < 4.78 is 14.9. The van der Waals surface area contributed by atoms with Crippen molar-refractivity contribution < 1.29 is 4.39 Å². The first-order chi connectivity index (χ1) is 9.71. The van der Waals surface area contributed by atoms with Gasteiger partial charge in [0.1, 0.15) is 5.82 Å². The molecule has 0 fully saturated rings. The number of aromatic nitrogens is 2. The van der Waals surface area contributed by atoms with Gasteiger partial charge in [-0.2, -0.15) is 5.10 Å². The third kappa shape index (κ3) is 4.17. The minimum absolute atomic E-state index is 0.178. The Kier molecular flexibility index (Phi) is 5.30. The summed E-state index contributed by atoms with van der Waals surface area (Å²) in [4.78, 5) is 0. The summed E-state index contributed by atoms with van der Waals surface area (Å²) in [5.74, 6) is 0.308. The molecule has 1 N–H and O–H groups in total. The summed E-state index contributed by atoms with van der Waals surface area (Å²) in [6.45, 7) is 3.92. The summed E-state index contributed by atoms with van der Waals surface area (Å²) in [6.07, 6.45) is 5.97. The number of rotatable bonds is 7. The summed E-state index contributed by atoms with van der Waals surface area (Å²) in [6, 6.07) is 6.79. The molecule has 0 aliphatic rings. The number of nitrogens with zero attached hydrogens (tertiary/aromatic N) is 2. The average molecular weight is 275 g/mol. The maximum atomic E-state index is 12.9. The minimum atomic E-state index is -0.178. The van der Waals surface area contributed by atoms with Crippen molar-refractivity contribution in [3.63, 3.8) is 0 Å². The lowest BCUT2D eigenvalue weighted by Crippen LogP contribution is -2.22. The smallest absolute Gasteiger partial charge is 0.123 e. The Morgan fingerprint density at radius 1 is 1.20 bits per heavy atom. The van der Waals surface area contributed by atoms with Crippen LogP contribution in [0.3, 0.4) is 0 Å². The van der Waals surface area contributed by atoms with Gasteiger partial charge in [0.05, 0.1) is 6.20 Å². The molecule has 0 spiro atoms. The topological polar surface area (TPSA) is 29.9 Å². The summed E-state index contributed by atoms with van der Waals surface area (Å²) in [5, 5.41) is 7.55. The van der Waals surface area contributed by atoms with Crippen LogP contribution in [0, 0.1) is 11.7 Å². The lowest BCUT2D eigenvalue weighted by molar-refractivity contribution is 0.492. The Hall–Kier alpha value is -1.68. The summed E-state index contributed by atoms with van der Waals surface area (Å²) >= 11 is 0. The number of benzene rings is 1. The van der Waals surface area contributed by atoms with Crippen molar-refractivity contribution in [2.24, 2.45) is 5.92 Å². The van der Waals surface area contributed by atoms with Crippen LogP contribution in [-0.2, 0) is 19.4 Å². The van der Waals surface area contributed by atoms with Gasteiger partial charge in [-0.1, -0.05) is 12.1 Å². The fourth-order valence-electron chi connectivity index (χ4n) is 2.48. The molecular formula is C16H22FN3. The first-order valence-electron chi connectivity index (χ1n) is 7.11. The largest absolute Gasteiger partial charge is 0.319 e. The molecule has 3 nitrogen and oxygen atoms in total. The summed E-state index contributed by atoms with van der Waals surface area (Å²) in [5.41, 5.74) is 2.43. The highest BCUT2D eigenvalue weighted by Gasteiger charge is 2.11. The van der Waals surface area contributed by atoms with Gasteiger partial charge in [0.2, 0.25) is 0 Å². The second-order valence-corrected chi connectivity index (χ2v) is 5.16. The second kappa shape index (κ2) is 7.20. The lowest BCUT2D eigenvalue weighted by atomic mass is 9.93. The van der Waals surface area contributed by atoms with Crippen LogP contribution >= 0.6 is 0 Å². The molecule has 1 aromatic heterocycles. The molecule has 1 aromatic carbocycles. The van der Waals surface area contributed by atoms with Crippen molar-refractivity contribution in [3.8, 4) is 0 Å². The molecule has 0 aliphatic heterocycles. The molecular weight excluding hydrogens is 253 g/mol. The van der Waals surface area contributed by atoms with Crippen LogP contribution in [0.1, 0.15) is 18.1 Å². The van der Waals surface area contributed by atoms with Gasteiger partial charge in [-0.05, 0) is 62.5 Å². The molecule has 0 amide bonds. The zero-order chi connectivity index (χ0) is 14.4. The van der Waals surface area contributed by atoms with Crippen LogP contribution in [0.15, 0.2) is 36.7 Å². The second-order valence-electron chi connectivity index (χ2n) is 5.16. The van der Waals surface area contributed by atoms with E-state index in [0.29, 0.717) is 5.92 Å². The zero-order valence-electron chi connectivity index (χ0n) is 12.1. The van der Waals surface area contributed by atoms with Crippen molar-refractivity contribution >= 4 is 0 Å². The molecule has 0 bridgehead atoms. The van der Waals surface area contributed by atoms with Gasteiger partial charge in [0, 0.05) is 12.7 Å². The van der Waals surface area contributed by atoms with E-state index in [1.807, 2.05) is 30.1 Å². The Labute approximate surface area is 119 Å². The van der Waals surface area contributed by atoms with Crippen molar-refractivity contribution in [1.29, 1.82) is 0 Å².